The van der Waals surface area contributed by atoms with Crippen LogP contribution in [0.5, 0.6) is 0 Å². The molecule has 0 bridgehead atoms. The van der Waals surface area contributed by atoms with E-state index in [1.807, 2.05) is 29.2 Å². The molecule has 4 saturated carbocycles. The van der Waals surface area contributed by atoms with E-state index in [0.29, 0.717) is 60.4 Å². The molecule has 47 heavy (non-hydrogen) atoms. The van der Waals surface area contributed by atoms with E-state index in [0.717, 1.165) is 49.8 Å². The summed E-state index contributed by atoms with van der Waals surface area (Å²) >= 11 is 6.19. The summed E-state index contributed by atoms with van der Waals surface area (Å²) in [6, 6.07) is 7.84. The van der Waals surface area contributed by atoms with Crippen LogP contribution < -0.4 is 0 Å². The highest BCUT2D eigenvalue weighted by Gasteiger charge is 2.66. The second-order valence-electron chi connectivity index (χ2n) is 18.1. The predicted octanol–water partition coefficient (Wildman–Crippen LogP) is 8.57. The number of ketones is 1. The summed E-state index contributed by atoms with van der Waals surface area (Å²) in [5.41, 5.74) is 3.59. The van der Waals surface area contributed by atoms with Crippen LogP contribution in [-0.2, 0) is 16.1 Å². The first-order valence-electron chi connectivity index (χ1n) is 18.7. The van der Waals surface area contributed by atoms with Crippen LogP contribution in [0, 0.1) is 51.2 Å². The van der Waals surface area contributed by atoms with Gasteiger partial charge in [-0.05, 0) is 135 Å². The van der Waals surface area contributed by atoms with Gasteiger partial charge in [-0.25, -0.2) is 0 Å². The van der Waals surface area contributed by atoms with Crippen molar-refractivity contribution in [1.82, 2.24) is 9.80 Å². The number of aliphatic hydroxyl groups is 1. The van der Waals surface area contributed by atoms with Gasteiger partial charge in [0.1, 0.15) is 0 Å². The number of carbonyl (C=O) groups is 2. The Hall–Kier alpha value is -1.69. The first-order chi connectivity index (χ1) is 22.0. The van der Waals surface area contributed by atoms with Gasteiger partial charge in [-0.3, -0.25) is 9.59 Å². The zero-order valence-electron chi connectivity index (χ0n) is 30.5. The molecule has 5 aliphatic carbocycles. The number of halogens is 1. The number of carbonyl (C=O) groups excluding carboxylic acids is 2. The quantitative estimate of drug-likeness (QED) is 0.302. The fraction of sp³-hybridized carbons (Fsp3) is 0.756. The molecule has 1 amide bonds. The maximum Gasteiger partial charge on any atom is 0.223 e. The molecule has 8 unspecified atom stereocenters. The van der Waals surface area contributed by atoms with E-state index in [1.54, 1.807) is 0 Å². The molecule has 0 aromatic heterocycles. The summed E-state index contributed by atoms with van der Waals surface area (Å²) < 4.78 is 0. The lowest BCUT2D eigenvalue weighted by Gasteiger charge is -2.68. The lowest BCUT2D eigenvalue weighted by molar-refractivity contribution is -0.203. The van der Waals surface area contributed by atoms with E-state index in [1.165, 1.54) is 24.8 Å². The maximum atomic E-state index is 14.5. The van der Waals surface area contributed by atoms with Crippen LogP contribution in [-0.4, -0.2) is 59.9 Å². The number of fused-ring (bicyclic) bond motifs is 7. The highest BCUT2D eigenvalue weighted by Crippen LogP contribution is 2.73. The van der Waals surface area contributed by atoms with Gasteiger partial charge in [-0.2, -0.15) is 0 Å². The van der Waals surface area contributed by atoms with E-state index in [4.69, 9.17) is 11.6 Å². The van der Waals surface area contributed by atoms with Crippen molar-refractivity contribution < 1.29 is 14.7 Å². The first-order valence-corrected chi connectivity index (χ1v) is 19.0. The minimum Gasteiger partial charge on any atom is -0.393 e. The molecule has 1 aromatic carbocycles. The molecular weight excluding hydrogens is 604 g/mol. The molecule has 260 valence electrons. The molecule has 6 rings (SSSR count). The fourth-order valence-corrected chi connectivity index (χ4v) is 12.6. The summed E-state index contributed by atoms with van der Waals surface area (Å²) in [5.74, 6) is 2.75. The smallest absolute Gasteiger partial charge is 0.223 e. The Balaban J connectivity index is 1.32. The summed E-state index contributed by atoms with van der Waals surface area (Å²) in [6.07, 6.45) is 9.49. The number of aliphatic hydroxyl groups excluding tert-OH is 1. The molecule has 0 aliphatic heterocycles. The average Bonchev–Trinajstić information content (AvgIpc) is 3.29. The van der Waals surface area contributed by atoms with Gasteiger partial charge in [-0.1, -0.05) is 70.8 Å². The number of rotatable bonds is 8. The van der Waals surface area contributed by atoms with Gasteiger partial charge < -0.3 is 14.9 Å². The van der Waals surface area contributed by atoms with Crippen molar-refractivity contribution in [2.45, 2.75) is 118 Å². The molecule has 5 nitrogen and oxygen atoms in total. The molecule has 1 aromatic rings. The zero-order chi connectivity index (χ0) is 34.1. The Morgan fingerprint density at radius 1 is 0.915 bits per heavy atom. The van der Waals surface area contributed by atoms with Gasteiger partial charge in [0.05, 0.1) is 6.10 Å². The van der Waals surface area contributed by atoms with Crippen LogP contribution in [0.1, 0.15) is 111 Å². The number of amides is 1. The van der Waals surface area contributed by atoms with E-state index in [9.17, 15) is 14.7 Å². The first kappa shape index (κ1) is 35.1. The van der Waals surface area contributed by atoms with Gasteiger partial charge in [0.2, 0.25) is 5.91 Å². The Labute approximate surface area is 289 Å². The minimum absolute atomic E-state index is 0.0526. The summed E-state index contributed by atoms with van der Waals surface area (Å²) in [5, 5.41) is 11.8. The summed E-state index contributed by atoms with van der Waals surface area (Å²) in [7, 11) is 4.11. The second kappa shape index (κ2) is 12.6. The molecule has 5 aliphatic rings. The van der Waals surface area contributed by atoms with Gasteiger partial charge in [0, 0.05) is 42.9 Å². The molecule has 0 radical (unpaired) electrons. The number of benzene rings is 1. The number of allylic oxidation sites excluding steroid dienone is 2. The highest BCUT2D eigenvalue weighted by molar-refractivity contribution is 6.30. The molecule has 4 fully saturated rings. The Bertz CT molecular complexity index is 1400. The molecule has 0 saturated heterocycles. The lowest BCUT2D eigenvalue weighted by atomic mass is 9.36. The normalized spacial score (nSPS) is 37.8. The van der Waals surface area contributed by atoms with E-state index >= 15 is 0 Å². The van der Waals surface area contributed by atoms with Crippen LogP contribution in [0.15, 0.2) is 35.4 Å². The Morgan fingerprint density at radius 3 is 2.26 bits per heavy atom. The topological polar surface area (TPSA) is 60.9 Å². The van der Waals surface area contributed by atoms with Crippen molar-refractivity contribution in [3.05, 3.63) is 46.0 Å². The highest BCUT2D eigenvalue weighted by atomic mass is 35.5. The molecule has 8 atom stereocenters. The number of hydrogen-bond acceptors (Lipinski definition) is 4. The molecular formula is C41H61ClN2O3. The largest absolute Gasteiger partial charge is 0.393 e. The SMILES string of the molecule is CC(C)C1=C2C3CCC4C(C)(CCC5C(C)(C)C(O)CCC54C)C3CCC2(CC(=O)N(CCN(C)C)Cc2ccc(Cl)cc2)CC1=O. The third kappa shape index (κ3) is 5.86. The standard InChI is InChI=1S/C41H61ClN2O3/c1-26(2)36-31(45)23-41(24-35(47)44(22-21-43(7)8)25-27-9-11-28(42)12-10-27)20-15-30-29(37(36)41)13-14-33-39(30,5)18-16-32-38(3,4)34(46)17-19-40(32,33)6/h9-12,26,29-30,32-34,46H,13-25H2,1-8H3. The average molecular weight is 665 g/mol. The lowest BCUT2D eigenvalue weighted by Crippen LogP contribution is -2.62. The second-order valence-corrected chi connectivity index (χ2v) is 18.6. The molecule has 0 heterocycles. The van der Waals surface area contributed by atoms with Crippen LogP contribution >= 0.6 is 11.6 Å². The van der Waals surface area contributed by atoms with Crippen molar-refractivity contribution in [3.8, 4) is 0 Å². The Kier molecular flexibility index (Phi) is 9.40. The fourth-order valence-electron chi connectivity index (χ4n) is 12.4. The Morgan fingerprint density at radius 2 is 1.60 bits per heavy atom. The number of hydrogen-bond donors (Lipinski definition) is 1. The van der Waals surface area contributed by atoms with Crippen LogP contribution in [0.3, 0.4) is 0 Å². The van der Waals surface area contributed by atoms with Crippen molar-refractivity contribution in [1.29, 1.82) is 0 Å². The van der Waals surface area contributed by atoms with E-state index < -0.39 is 0 Å². The van der Waals surface area contributed by atoms with E-state index in [-0.39, 0.29) is 39.6 Å². The summed E-state index contributed by atoms with van der Waals surface area (Å²) in [6.45, 7) is 16.2. The third-order valence-corrected chi connectivity index (χ3v) is 14.9. The molecule has 6 heteroatoms. The van der Waals surface area contributed by atoms with Crippen LogP contribution in [0.25, 0.3) is 0 Å². The van der Waals surface area contributed by atoms with Gasteiger partial charge in [0.25, 0.3) is 0 Å². The van der Waals surface area contributed by atoms with Gasteiger partial charge in [0.15, 0.2) is 5.78 Å². The monoisotopic (exact) mass is 664 g/mol. The zero-order valence-corrected chi connectivity index (χ0v) is 31.3. The molecule has 0 spiro atoms. The van der Waals surface area contributed by atoms with Crippen molar-refractivity contribution in [3.63, 3.8) is 0 Å². The van der Waals surface area contributed by atoms with Crippen molar-refractivity contribution in [2.75, 3.05) is 27.2 Å². The van der Waals surface area contributed by atoms with Crippen LogP contribution in [0.2, 0.25) is 5.02 Å². The van der Waals surface area contributed by atoms with Crippen molar-refractivity contribution >= 4 is 23.3 Å². The molecule has 1 N–H and O–H groups in total. The van der Waals surface area contributed by atoms with E-state index in [2.05, 4.69) is 60.5 Å². The maximum absolute atomic E-state index is 14.5. The van der Waals surface area contributed by atoms with Crippen LogP contribution in [0.4, 0.5) is 0 Å². The predicted molar refractivity (Wildman–Crippen MR) is 191 cm³/mol. The van der Waals surface area contributed by atoms with Gasteiger partial charge >= 0.3 is 0 Å². The van der Waals surface area contributed by atoms with Crippen molar-refractivity contribution in [2.24, 2.45) is 51.2 Å². The number of Topliss-reactive ketones (excluding diaryl/α,β-unsaturated/α-hetero) is 1. The van der Waals surface area contributed by atoms with Gasteiger partial charge in [-0.15, -0.1) is 0 Å². The number of likely N-dealkylation sites (N-methyl/N-ethyl adjacent to an activating group) is 1. The third-order valence-electron chi connectivity index (χ3n) is 14.7. The summed E-state index contributed by atoms with van der Waals surface area (Å²) in [4.78, 5) is 32.7. The number of nitrogens with zero attached hydrogens (tertiary/aromatic N) is 2. The minimum atomic E-state index is -0.355.